The number of carbonyl (C=O) groups excluding carboxylic acids is 1. The summed E-state index contributed by atoms with van der Waals surface area (Å²) in [6.07, 6.45) is 1.72. The minimum Gasteiger partial charge on any atom is -0.348 e. The molecule has 1 heterocycles. The highest BCUT2D eigenvalue weighted by molar-refractivity contribution is 5.95. The van der Waals surface area contributed by atoms with Crippen molar-refractivity contribution < 1.29 is 4.79 Å². The van der Waals surface area contributed by atoms with E-state index in [2.05, 4.69) is 20.6 Å². The first-order chi connectivity index (χ1) is 14.3. The first-order valence-electron chi connectivity index (χ1n) is 9.35. The van der Waals surface area contributed by atoms with Gasteiger partial charge in [0.05, 0.1) is 0 Å². The van der Waals surface area contributed by atoms with Crippen LogP contribution < -0.4 is 10.6 Å². The van der Waals surface area contributed by atoms with E-state index in [1.54, 1.807) is 18.3 Å². The van der Waals surface area contributed by atoms with Crippen LogP contribution in [0.1, 0.15) is 15.9 Å². The molecule has 1 aromatic heterocycles. The van der Waals surface area contributed by atoms with E-state index in [4.69, 9.17) is 0 Å². The van der Waals surface area contributed by atoms with Crippen molar-refractivity contribution in [3.8, 4) is 11.4 Å². The fraction of sp³-hybridized carbons (Fsp3) is 0.0417. The van der Waals surface area contributed by atoms with Crippen LogP contribution in [-0.2, 0) is 6.54 Å². The van der Waals surface area contributed by atoms with Crippen LogP contribution in [0, 0.1) is 0 Å². The molecule has 0 bridgehead atoms. The van der Waals surface area contributed by atoms with Crippen LogP contribution in [0.25, 0.3) is 11.4 Å². The highest BCUT2D eigenvalue weighted by atomic mass is 16.1. The van der Waals surface area contributed by atoms with Gasteiger partial charge in [-0.3, -0.25) is 4.79 Å². The largest absolute Gasteiger partial charge is 0.348 e. The van der Waals surface area contributed by atoms with E-state index in [9.17, 15) is 4.79 Å². The molecular weight excluding hydrogens is 360 g/mol. The molecule has 142 valence electrons. The lowest BCUT2D eigenvalue weighted by Gasteiger charge is -2.09. The number of benzene rings is 3. The first-order valence-corrected chi connectivity index (χ1v) is 9.35. The van der Waals surface area contributed by atoms with E-state index in [0.29, 0.717) is 23.8 Å². The Bertz CT molecular complexity index is 1100. The maximum Gasteiger partial charge on any atom is 0.251 e. The van der Waals surface area contributed by atoms with Crippen molar-refractivity contribution in [2.45, 2.75) is 6.54 Å². The van der Waals surface area contributed by atoms with Gasteiger partial charge in [-0.25, -0.2) is 9.97 Å². The van der Waals surface area contributed by atoms with Gasteiger partial charge in [-0.1, -0.05) is 66.7 Å². The number of hydrogen-bond acceptors (Lipinski definition) is 4. The lowest BCUT2D eigenvalue weighted by Crippen LogP contribution is -2.22. The van der Waals surface area contributed by atoms with E-state index in [0.717, 1.165) is 16.8 Å². The molecule has 0 spiro atoms. The van der Waals surface area contributed by atoms with Gasteiger partial charge in [0.1, 0.15) is 5.82 Å². The zero-order valence-corrected chi connectivity index (χ0v) is 15.7. The average molecular weight is 380 g/mol. The Kier molecular flexibility index (Phi) is 5.58. The molecule has 2 N–H and O–H groups in total. The predicted molar refractivity (Wildman–Crippen MR) is 115 cm³/mol. The number of nitrogens with one attached hydrogen (secondary N) is 2. The topological polar surface area (TPSA) is 66.9 Å². The average Bonchev–Trinajstić information content (AvgIpc) is 2.79. The van der Waals surface area contributed by atoms with Gasteiger partial charge in [0, 0.05) is 29.6 Å². The number of amides is 1. The van der Waals surface area contributed by atoms with Gasteiger partial charge in [0.15, 0.2) is 5.82 Å². The standard InChI is InChI=1S/C24H20N4O/c29-24(26-17-18-8-3-1-4-9-18)20-12-7-13-21(16-20)27-22-14-15-25-23(28-22)19-10-5-2-6-11-19/h1-16H,17H2,(H,26,29)(H,25,27,28). The first kappa shape index (κ1) is 18.4. The molecule has 5 heteroatoms. The van der Waals surface area contributed by atoms with Crippen LogP contribution in [0.5, 0.6) is 0 Å². The van der Waals surface area contributed by atoms with Crippen molar-refractivity contribution in [2.75, 3.05) is 5.32 Å². The molecule has 0 saturated heterocycles. The van der Waals surface area contributed by atoms with Crippen molar-refractivity contribution in [1.29, 1.82) is 0 Å². The van der Waals surface area contributed by atoms with Gasteiger partial charge < -0.3 is 10.6 Å². The molecule has 0 aliphatic heterocycles. The Morgan fingerprint density at radius 2 is 1.59 bits per heavy atom. The van der Waals surface area contributed by atoms with Crippen molar-refractivity contribution >= 4 is 17.4 Å². The van der Waals surface area contributed by atoms with Crippen LogP contribution in [0.3, 0.4) is 0 Å². The fourth-order valence-corrected chi connectivity index (χ4v) is 2.92. The minimum atomic E-state index is -0.120. The lowest BCUT2D eigenvalue weighted by molar-refractivity contribution is 0.0951. The van der Waals surface area contributed by atoms with Gasteiger partial charge >= 0.3 is 0 Å². The molecule has 4 aromatic rings. The summed E-state index contributed by atoms with van der Waals surface area (Å²) in [5.41, 5.74) is 3.38. The Balaban J connectivity index is 1.46. The van der Waals surface area contributed by atoms with E-state index >= 15 is 0 Å². The summed E-state index contributed by atoms with van der Waals surface area (Å²) in [7, 11) is 0. The molecule has 4 rings (SSSR count). The number of anilines is 2. The second kappa shape index (κ2) is 8.80. The molecule has 0 aliphatic rings. The maximum atomic E-state index is 12.5. The highest BCUT2D eigenvalue weighted by Crippen LogP contribution is 2.19. The molecule has 0 radical (unpaired) electrons. The third-order valence-corrected chi connectivity index (χ3v) is 4.38. The molecule has 3 aromatic carbocycles. The molecular formula is C24H20N4O. The van der Waals surface area contributed by atoms with Gasteiger partial charge in [-0.2, -0.15) is 0 Å². The second-order valence-electron chi connectivity index (χ2n) is 6.51. The molecule has 0 saturated carbocycles. The van der Waals surface area contributed by atoms with Crippen LogP contribution in [0.4, 0.5) is 11.5 Å². The van der Waals surface area contributed by atoms with Crippen molar-refractivity contribution in [3.63, 3.8) is 0 Å². The normalized spacial score (nSPS) is 10.3. The maximum absolute atomic E-state index is 12.5. The Morgan fingerprint density at radius 1 is 0.828 bits per heavy atom. The molecule has 0 unspecified atom stereocenters. The molecule has 5 nitrogen and oxygen atoms in total. The second-order valence-corrected chi connectivity index (χ2v) is 6.51. The van der Waals surface area contributed by atoms with E-state index < -0.39 is 0 Å². The summed E-state index contributed by atoms with van der Waals surface area (Å²) in [6.45, 7) is 0.490. The molecule has 0 fully saturated rings. The number of nitrogens with zero attached hydrogens (tertiary/aromatic N) is 2. The quantitative estimate of drug-likeness (QED) is 0.503. The highest BCUT2D eigenvalue weighted by Gasteiger charge is 2.07. The monoisotopic (exact) mass is 380 g/mol. The number of hydrogen-bond donors (Lipinski definition) is 2. The lowest BCUT2D eigenvalue weighted by atomic mass is 10.1. The fourth-order valence-electron chi connectivity index (χ4n) is 2.92. The number of aromatic nitrogens is 2. The molecule has 0 atom stereocenters. The minimum absolute atomic E-state index is 0.120. The van der Waals surface area contributed by atoms with E-state index in [1.807, 2.05) is 78.9 Å². The summed E-state index contributed by atoms with van der Waals surface area (Å²) in [5.74, 6) is 1.19. The summed E-state index contributed by atoms with van der Waals surface area (Å²) in [6, 6.07) is 28.8. The number of rotatable bonds is 6. The van der Waals surface area contributed by atoms with E-state index in [1.165, 1.54) is 0 Å². The van der Waals surface area contributed by atoms with Crippen LogP contribution in [0.15, 0.2) is 97.2 Å². The summed E-state index contributed by atoms with van der Waals surface area (Å²) < 4.78 is 0. The van der Waals surface area contributed by atoms with Crippen LogP contribution >= 0.6 is 0 Å². The summed E-state index contributed by atoms with van der Waals surface area (Å²) >= 11 is 0. The number of carbonyl (C=O) groups is 1. The van der Waals surface area contributed by atoms with Gasteiger partial charge in [0.25, 0.3) is 5.91 Å². The van der Waals surface area contributed by atoms with E-state index in [-0.39, 0.29) is 5.91 Å². The molecule has 0 aliphatic carbocycles. The molecule has 1 amide bonds. The summed E-state index contributed by atoms with van der Waals surface area (Å²) in [4.78, 5) is 21.4. The van der Waals surface area contributed by atoms with Gasteiger partial charge in [-0.15, -0.1) is 0 Å². The third kappa shape index (κ3) is 4.84. The Hall–Kier alpha value is -3.99. The smallest absolute Gasteiger partial charge is 0.251 e. The van der Waals surface area contributed by atoms with Gasteiger partial charge in [0.2, 0.25) is 0 Å². The van der Waals surface area contributed by atoms with Crippen LogP contribution in [-0.4, -0.2) is 15.9 Å². The predicted octanol–water partition coefficient (Wildman–Crippen LogP) is 4.82. The Morgan fingerprint density at radius 3 is 2.38 bits per heavy atom. The zero-order chi connectivity index (χ0) is 19.9. The zero-order valence-electron chi connectivity index (χ0n) is 15.7. The third-order valence-electron chi connectivity index (χ3n) is 4.38. The van der Waals surface area contributed by atoms with Crippen molar-refractivity contribution in [3.05, 3.63) is 108 Å². The van der Waals surface area contributed by atoms with Gasteiger partial charge in [-0.05, 0) is 29.8 Å². The molecule has 29 heavy (non-hydrogen) atoms. The Labute approximate surface area is 169 Å². The van der Waals surface area contributed by atoms with Crippen molar-refractivity contribution in [2.24, 2.45) is 0 Å². The SMILES string of the molecule is O=C(NCc1ccccc1)c1cccc(Nc2ccnc(-c3ccccc3)n2)c1. The summed E-state index contributed by atoms with van der Waals surface area (Å²) in [5, 5.41) is 6.20. The van der Waals surface area contributed by atoms with Crippen molar-refractivity contribution in [1.82, 2.24) is 15.3 Å². The van der Waals surface area contributed by atoms with Crippen LogP contribution in [0.2, 0.25) is 0 Å².